The van der Waals surface area contributed by atoms with Gasteiger partial charge in [-0.1, -0.05) is 50.2 Å². The summed E-state index contributed by atoms with van der Waals surface area (Å²) in [5, 5.41) is 0. The number of benzene rings is 1. The number of pyridine rings is 1. The number of nitrogens with two attached hydrogens (primary N) is 1. The first-order valence-electron chi connectivity index (χ1n) is 12.0. The molecular formula is C27H34N4O. The first-order chi connectivity index (χ1) is 15.4. The number of rotatable bonds is 7. The van der Waals surface area contributed by atoms with Crippen LogP contribution in [0.1, 0.15) is 44.4 Å². The molecule has 0 spiro atoms. The highest BCUT2D eigenvalue weighted by Crippen LogP contribution is 2.61. The fourth-order valence-corrected chi connectivity index (χ4v) is 7.04. The molecule has 1 saturated carbocycles. The maximum absolute atomic E-state index is 13.6. The molecule has 2 aromatic rings. The van der Waals surface area contributed by atoms with Crippen LogP contribution >= 0.6 is 0 Å². The molecule has 32 heavy (non-hydrogen) atoms. The molecule has 3 aliphatic heterocycles. The first-order valence-corrected chi connectivity index (χ1v) is 12.0. The third-order valence-corrected chi connectivity index (χ3v) is 8.12. The molecule has 2 N–H and O–H groups in total. The van der Waals surface area contributed by atoms with Crippen molar-refractivity contribution in [2.45, 2.75) is 57.7 Å². The summed E-state index contributed by atoms with van der Waals surface area (Å²) in [4.78, 5) is 26.0. The van der Waals surface area contributed by atoms with Crippen LogP contribution in [0, 0.1) is 23.2 Å². The van der Waals surface area contributed by atoms with Crippen LogP contribution < -0.4 is 5.73 Å². The number of amides is 1. The average molecular weight is 431 g/mol. The van der Waals surface area contributed by atoms with Gasteiger partial charge < -0.3 is 5.73 Å². The number of piperidine rings is 1. The fraction of sp³-hybridized carbons (Fsp3) is 0.519. The number of carbonyl (C=O) groups excluding carboxylic acids is 1. The predicted octanol–water partition coefficient (Wildman–Crippen LogP) is 3.88. The monoisotopic (exact) mass is 430 g/mol. The lowest BCUT2D eigenvalue weighted by Crippen LogP contribution is -2.76. The molecule has 5 nitrogen and oxygen atoms in total. The Balaban J connectivity index is 1.63. The standard InChI is InChI=1S/C27H34N4O/c1-19(2)14-27(25(28)32)24-23-17-30-26(27,16-22-10-6-7-12-29-22)15-21(23)11-13-31(24)18-20-8-4-3-5-9-20/h3-10,12,17,19,21,23-24H,11,13-16,18H2,1-2H3,(H2,28,32)/t21-,23+,24-,26-,27-/m0/s1. The zero-order valence-electron chi connectivity index (χ0n) is 19.2. The van der Waals surface area contributed by atoms with Crippen LogP contribution in [-0.4, -0.2) is 40.1 Å². The maximum atomic E-state index is 13.6. The SMILES string of the molecule is CC(C)C[C@@]1(C(N)=O)[C@@H]2[C@@H]3C=N[C@]1(Cc1ccccn1)C[C@@H]3CCN2Cc1ccccc1. The van der Waals surface area contributed by atoms with Crippen LogP contribution in [0.5, 0.6) is 0 Å². The van der Waals surface area contributed by atoms with Gasteiger partial charge in [-0.25, -0.2) is 0 Å². The Bertz CT molecular complexity index is 991. The number of carbonyl (C=O) groups is 1. The van der Waals surface area contributed by atoms with Gasteiger partial charge in [0, 0.05) is 43.0 Å². The van der Waals surface area contributed by atoms with Crippen molar-refractivity contribution in [3.8, 4) is 0 Å². The van der Waals surface area contributed by atoms with E-state index >= 15 is 0 Å². The second-order valence-electron chi connectivity index (χ2n) is 10.5. The number of aromatic nitrogens is 1. The summed E-state index contributed by atoms with van der Waals surface area (Å²) in [5.41, 5.74) is 7.45. The molecule has 1 aliphatic carbocycles. The zero-order chi connectivity index (χ0) is 22.3. The zero-order valence-corrected chi connectivity index (χ0v) is 19.2. The fourth-order valence-electron chi connectivity index (χ4n) is 7.04. The van der Waals surface area contributed by atoms with Gasteiger partial charge >= 0.3 is 0 Å². The van der Waals surface area contributed by atoms with Gasteiger partial charge in [0.2, 0.25) is 5.91 Å². The maximum Gasteiger partial charge on any atom is 0.227 e. The highest BCUT2D eigenvalue weighted by Gasteiger charge is 2.70. The Labute approximate surface area is 191 Å². The van der Waals surface area contributed by atoms with E-state index in [1.807, 2.05) is 18.3 Å². The number of likely N-dealkylation sites (tertiary alicyclic amines) is 1. The lowest BCUT2D eigenvalue weighted by molar-refractivity contribution is -0.162. The van der Waals surface area contributed by atoms with Gasteiger partial charge in [-0.05, 0) is 55.3 Å². The van der Waals surface area contributed by atoms with Gasteiger partial charge in [0.15, 0.2) is 0 Å². The average Bonchev–Trinajstić information content (AvgIpc) is 2.78. The molecule has 4 heterocycles. The van der Waals surface area contributed by atoms with E-state index in [1.165, 1.54) is 5.56 Å². The van der Waals surface area contributed by atoms with E-state index in [0.29, 0.717) is 18.3 Å². The summed E-state index contributed by atoms with van der Waals surface area (Å²) in [6, 6.07) is 16.7. The summed E-state index contributed by atoms with van der Waals surface area (Å²) >= 11 is 0. The molecule has 168 valence electrons. The predicted molar refractivity (Wildman–Crippen MR) is 127 cm³/mol. The lowest BCUT2D eigenvalue weighted by atomic mass is 9.45. The minimum Gasteiger partial charge on any atom is -0.369 e. The van der Waals surface area contributed by atoms with Crippen LogP contribution in [-0.2, 0) is 17.8 Å². The van der Waals surface area contributed by atoms with Crippen LogP contribution in [0.4, 0.5) is 0 Å². The highest BCUT2D eigenvalue weighted by molar-refractivity contribution is 5.87. The Morgan fingerprint density at radius 3 is 2.66 bits per heavy atom. The Hall–Kier alpha value is -2.53. The smallest absolute Gasteiger partial charge is 0.227 e. The van der Waals surface area contributed by atoms with E-state index in [2.05, 4.69) is 66.3 Å². The van der Waals surface area contributed by atoms with Crippen molar-refractivity contribution in [1.82, 2.24) is 9.88 Å². The summed E-state index contributed by atoms with van der Waals surface area (Å²) in [6.07, 6.45) is 7.50. The van der Waals surface area contributed by atoms with Crippen molar-refractivity contribution in [1.29, 1.82) is 0 Å². The molecule has 4 aliphatic rings. The topological polar surface area (TPSA) is 71.6 Å². The molecule has 0 radical (unpaired) electrons. The van der Waals surface area contributed by atoms with E-state index in [9.17, 15) is 4.79 Å². The molecule has 0 unspecified atom stereocenters. The first kappa shape index (κ1) is 21.3. The van der Waals surface area contributed by atoms with Gasteiger partial charge in [0.05, 0.1) is 11.0 Å². The third kappa shape index (κ3) is 3.29. The number of primary amides is 1. The molecule has 6 rings (SSSR count). The van der Waals surface area contributed by atoms with Crippen molar-refractivity contribution in [3.05, 3.63) is 66.0 Å². The molecule has 1 aromatic carbocycles. The molecule has 5 heteroatoms. The van der Waals surface area contributed by atoms with E-state index in [4.69, 9.17) is 10.7 Å². The van der Waals surface area contributed by atoms with Gasteiger partial charge in [-0.15, -0.1) is 0 Å². The van der Waals surface area contributed by atoms with Crippen molar-refractivity contribution < 1.29 is 4.79 Å². The van der Waals surface area contributed by atoms with E-state index in [-0.39, 0.29) is 17.9 Å². The largest absolute Gasteiger partial charge is 0.369 e. The van der Waals surface area contributed by atoms with Crippen molar-refractivity contribution >= 4 is 12.1 Å². The summed E-state index contributed by atoms with van der Waals surface area (Å²) < 4.78 is 0. The highest BCUT2D eigenvalue weighted by atomic mass is 16.1. The lowest BCUT2D eigenvalue weighted by Gasteiger charge is -2.66. The van der Waals surface area contributed by atoms with Gasteiger partial charge in [0.1, 0.15) is 0 Å². The second-order valence-corrected chi connectivity index (χ2v) is 10.5. The summed E-state index contributed by atoms with van der Waals surface area (Å²) in [5.74, 6) is 0.987. The van der Waals surface area contributed by atoms with Gasteiger partial charge in [0.25, 0.3) is 0 Å². The Morgan fingerprint density at radius 1 is 1.19 bits per heavy atom. The minimum atomic E-state index is -0.705. The molecular weight excluding hydrogens is 396 g/mol. The van der Waals surface area contributed by atoms with Crippen LogP contribution in [0.3, 0.4) is 0 Å². The van der Waals surface area contributed by atoms with Crippen LogP contribution in [0.2, 0.25) is 0 Å². The van der Waals surface area contributed by atoms with Crippen molar-refractivity contribution in [2.24, 2.45) is 33.9 Å². The molecule has 1 aromatic heterocycles. The molecule has 1 amide bonds. The molecule has 1 saturated heterocycles. The van der Waals surface area contributed by atoms with Crippen LogP contribution in [0.25, 0.3) is 0 Å². The van der Waals surface area contributed by atoms with E-state index in [0.717, 1.165) is 38.0 Å². The number of nitrogens with zero attached hydrogens (tertiary/aromatic N) is 3. The molecule has 2 fully saturated rings. The molecule has 4 bridgehead atoms. The molecule has 5 atom stereocenters. The van der Waals surface area contributed by atoms with Crippen molar-refractivity contribution in [2.75, 3.05) is 6.54 Å². The minimum absolute atomic E-state index is 0.0799. The number of aliphatic imine (C=N–C) groups is 1. The normalized spacial score (nSPS) is 33.5. The van der Waals surface area contributed by atoms with Crippen LogP contribution in [0.15, 0.2) is 59.7 Å². The number of hydrogen-bond acceptors (Lipinski definition) is 4. The third-order valence-electron chi connectivity index (χ3n) is 8.12. The second kappa shape index (κ2) is 8.11. The Morgan fingerprint density at radius 2 is 1.97 bits per heavy atom. The van der Waals surface area contributed by atoms with E-state index in [1.54, 1.807) is 0 Å². The van der Waals surface area contributed by atoms with Gasteiger partial charge in [-0.2, -0.15) is 0 Å². The van der Waals surface area contributed by atoms with Crippen molar-refractivity contribution in [3.63, 3.8) is 0 Å². The quantitative estimate of drug-likeness (QED) is 0.725. The Kier molecular flexibility index (Phi) is 5.40. The van der Waals surface area contributed by atoms with Gasteiger partial charge in [-0.3, -0.25) is 19.7 Å². The number of hydrogen-bond donors (Lipinski definition) is 1. The summed E-state index contributed by atoms with van der Waals surface area (Å²) in [7, 11) is 0. The summed E-state index contributed by atoms with van der Waals surface area (Å²) in [6.45, 7) is 6.25. The van der Waals surface area contributed by atoms with E-state index < -0.39 is 11.0 Å².